The minimum atomic E-state index is 0.392. The third-order valence-corrected chi connectivity index (χ3v) is 2.66. The van der Waals surface area contributed by atoms with Crippen molar-refractivity contribution in [3.8, 4) is 11.6 Å². The maximum absolute atomic E-state index is 4.50. The SMILES string of the molecule is CNc1nc(-c2ncc[nH]2)nc(C)c1C(C)C. The molecule has 0 saturated heterocycles. The van der Waals surface area contributed by atoms with Crippen molar-refractivity contribution >= 4 is 5.82 Å². The largest absolute Gasteiger partial charge is 0.373 e. The van der Waals surface area contributed by atoms with E-state index in [0.29, 0.717) is 17.6 Å². The maximum Gasteiger partial charge on any atom is 0.197 e. The highest BCUT2D eigenvalue weighted by atomic mass is 15.1. The molecule has 90 valence electrons. The van der Waals surface area contributed by atoms with Crippen molar-refractivity contribution in [1.82, 2.24) is 19.9 Å². The maximum atomic E-state index is 4.50. The molecule has 2 heterocycles. The van der Waals surface area contributed by atoms with Gasteiger partial charge in [-0.3, -0.25) is 0 Å². The van der Waals surface area contributed by atoms with Crippen molar-refractivity contribution in [3.05, 3.63) is 23.7 Å². The smallest absolute Gasteiger partial charge is 0.197 e. The van der Waals surface area contributed by atoms with Gasteiger partial charge in [0.05, 0.1) is 0 Å². The summed E-state index contributed by atoms with van der Waals surface area (Å²) in [7, 11) is 1.87. The summed E-state index contributed by atoms with van der Waals surface area (Å²) in [6.45, 7) is 6.28. The molecule has 0 aromatic carbocycles. The Kier molecular flexibility index (Phi) is 3.08. The predicted molar refractivity (Wildman–Crippen MR) is 68.0 cm³/mol. The van der Waals surface area contributed by atoms with E-state index >= 15 is 0 Å². The first kappa shape index (κ1) is 11.6. The Labute approximate surface area is 101 Å². The topological polar surface area (TPSA) is 66.5 Å². The van der Waals surface area contributed by atoms with Gasteiger partial charge in [0.2, 0.25) is 0 Å². The molecular weight excluding hydrogens is 214 g/mol. The van der Waals surface area contributed by atoms with Crippen LogP contribution in [0.3, 0.4) is 0 Å². The first-order chi connectivity index (χ1) is 8.13. The number of nitrogens with one attached hydrogen (secondary N) is 2. The van der Waals surface area contributed by atoms with Crippen molar-refractivity contribution in [3.63, 3.8) is 0 Å². The van der Waals surface area contributed by atoms with Crippen LogP contribution < -0.4 is 5.32 Å². The summed E-state index contributed by atoms with van der Waals surface area (Å²) in [6, 6.07) is 0. The normalized spacial score (nSPS) is 10.9. The number of rotatable bonds is 3. The van der Waals surface area contributed by atoms with Gasteiger partial charge in [-0.1, -0.05) is 13.8 Å². The van der Waals surface area contributed by atoms with Crippen LogP contribution in [0.15, 0.2) is 12.4 Å². The Balaban J connectivity index is 2.56. The molecule has 2 aromatic heterocycles. The monoisotopic (exact) mass is 231 g/mol. The van der Waals surface area contributed by atoms with Gasteiger partial charge in [0.15, 0.2) is 11.6 Å². The lowest BCUT2D eigenvalue weighted by molar-refractivity contribution is 0.832. The van der Waals surface area contributed by atoms with E-state index in [1.165, 1.54) is 0 Å². The van der Waals surface area contributed by atoms with E-state index in [2.05, 4.69) is 39.1 Å². The van der Waals surface area contributed by atoms with E-state index in [9.17, 15) is 0 Å². The molecule has 0 unspecified atom stereocenters. The number of aromatic nitrogens is 4. The number of aromatic amines is 1. The summed E-state index contributed by atoms with van der Waals surface area (Å²) in [6.07, 6.45) is 3.47. The molecular formula is C12H17N5. The molecule has 0 aliphatic rings. The highest BCUT2D eigenvalue weighted by molar-refractivity contribution is 5.54. The summed E-state index contributed by atoms with van der Waals surface area (Å²) in [5, 5.41) is 3.13. The van der Waals surface area contributed by atoms with Crippen LogP contribution in [0.4, 0.5) is 5.82 Å². The van der Waals surface area contributed by atoms with E-state index < -0.39 is 0 Å². The lowest BCUT2D eigenvalue weighted by atomic mass is 10.0. The van der Waals surface area contributed by atoms with Crippen LogP contribution in [0.25, 0.3) is 11.6 Å². The van der Waals surface area contributed by atoms with Crippen molar-refractivity contribution < 1.29 is 0 Å². The average molecular weight is 231 g/mol. The summed E-state index contributed by atoms with van der Waals surface area (Å²) >= 11 is 0. The summed E-state index contributed by atoms with van der Waals surface area (Å²) in [5.41, 5.74) is 2.15. The van der Waals surface area contributed by atoms with Crippen LogP contribution in [0, 0.1) is 6.92 Å². The number of imidazole rings is 1. The van der Waals surface area contributed by atoms with E-state index in [1.54, 1.807) is 12.4 Å². The lowest BCUT2D eigenvalue weighted by Gasteiger charge is -2.14. The van der Waals surface area contributed by atoms with Crippen molar-refractivity contribution in [2.45, 2.75) is 26.7 Å². The van der Waals surface area contributed by atoms with Gasteiger partial charge in [0, 0.05) is 30.7 Å². The Bertz CT molecular complexity index is 502. The van der Waals surface area contributed by atoms with E-state index in [0.717, 1.165) is 17.1 Å². The van der Waals surface area contributed by atoms with Crippen molar-refractivity contribution in [2.75, 3.05) is 12.4 Å². The number of H-pyrrole nitrogens is 1. The number of aryl methyl sites for hydroxylation is 1. The van der Waals surface area contributed by atoms with Crippen LogP contribution in [0.5, 0.6) is 0 Å². The highest BCUT2D eigenvalue weighted by Crippen LogP contribution is 2.26. The quantitative estimate of drug-likeness (QED) is 0.850. The van der Waals surface area contributed by atoms with Crippen LogP contribution in [-0.2, 0) is 0 Å². The number of hydrogen-bond acceptors (Lipinski definition) is 4. The van der Waals surface area contributed by atoms with E-state index in [-0.39, 0.29) is 0 Å². The lowest BCUT2D eigenvalue weighted by Crippen LogP contribution is -2.07. The number of nitrogens with zero attached hydrogens (tertiary/aromatic N) is 3. The molecule has 0 spiro atoms. The molecule has 2 aromatic rings. The third-order valence-electron chi connectivity index (χ3n) is 2.66. The molecule has 5 nitrogen and oxygen atoms in total. The fourth-order valence-electron chi connectivity index (χ4n) is 1.96. The zero-order valence-corrected chi connectivity index (χ0v) is 10.6. The number of hydrogen-bond donors (Lipinski definition) is 2. The van der Waals surface area contributed by atoms with Gasteiger partial charge in [-0.25, -0.2) is 15.0 Å². The van der Waals surface area contributed by atoms with Gasteiger partial charge in [-0.15, -0.1) is 0 Å². The van der Waals surface area contributed by atoms with Gasteiger partial charge < -0.3 is 10.3 Å². The Morgan fingerprint density at radius 1 is 1.29 bits per heavy atom. The summed E-state index contributed by atoms with van der Waals surface area (Å²) in [4.78, 5) is 16.2. The second-order valence-corrected chi connectivity index (χ2v) is 4.24. The molecule has 0 aliphatic heterocycles. The standard InChI is InChI=1S/C12H17N5/c1-7(2)9-8(3)16-12(17-10(9)13-4)11-14-5-6-15-11/h5-7H,1-4H3,(H,14,15)(H,13,16,17). The molecule has 0 bridgehead atoms. The Morgan fingerprint density at radius 2 is 2.06 bits per heavy atom. The first-order valence-corrected chi connectivity index (χ1v) is 5.69. The van der Waals surface area contributed by atoms with Gasteiger partial charge in [-0.05, 0) is 12.8 Å². The number of anilines is 1. The van der Waals surface area contributed by atoms with Crippen LogP contribution >= 0.6 is 0 Å². The van der Waals surface area contributed by atoms with Gasteiger partial charge >= 0.3 is 0 Å². The van der Waals surface area contributed by atoms with Crippen LogP contribution in [0.2, 0.25) is 0 Å². The second kappa shape index (κ2) is 4.53. The fourth-order valence-corrected chi connectivity index (χ4v) is 1.96. The fraction of sp³-hybridized carbons (Fsp3) is 0.417. The minimum absolute atomic E-state index is 0.392. The van der Waals surface area contributed by atoms with Crippen molar-refractivity contribution in [2.24, 2.45) is 0 Å². The molecule has 0 amide bonds. The Hall–Kier alpha value is -1.91. The van der Waals surface area contributed by atoms with Gasteiger partial charge in [0.1, 0.15) is 5.82 Å². The molecule has 17 heavy (non-hydrogen) atoms. The Morgan fingerprint density at radius 3 is 2.59 bits per heavy atom. The van der Waals surface area contributed by atoms with E-state index in [4.69, 9.17) is 0 Å². The van der Waals surface area contributed by atoms with Gasteiger partial charge in [-0.2, -0.15) is 0 Å². The zero-order valence-electron chi connectivity index (χ0n) is 10.6. The minimum Gasteiger partial charge on any atom is -0.373 e. The molecule has 2 rings (SSSR count). The highest BCUT2D eigenvalue weighted by Gasteiger charge is 2.15. The molecule has 0 atom stereocenters. The molecule has 0 radical (unpaired) electrons. The molecule has 0 saturated carbocycles. The van der Waals surface area contributed by atoms with Crippen molar-refractivity contribution in [1.29, 1.82) is 0 Å². The van der Waals surface area contributed by atoms with Crippen LogP contribution in [0.1, 0.15) is 31.0 Å². The molecule has 2 N–H and O–H groups in total. The molecule has 0 aliphatic carbocycles. The first-order valence-electron chi connectivity index (χ1n) is 5.69. The van der Waals surface area contributed by atoms with Gasteiger partial charge in [0.25, 0.3) is 0 Å². The molecule has 0 fully saturated rings. The summed E-state index contributed by atoms with van der Waals surface area (Å²) < 4.78 is 0. The second-order valence-electron chi connectivity index (χ2n) is 4.24. The summed E-state index contributed by atoms with van der Waals surface area (Å²) in [5.74, 6) is 2.59. The third kappa shape index (κ3) is 2.13. The zero-order chi connectivity index (χ0) is 12.4. The molecule has 5 heteroatoms. The van der Waals surface area contributed by atoms with Crippen LogP contribution in [-0.4, -0.2) is 27.0 Å². The predicted octanol–water partition coefficient (Wildman–Crippen LogP) is 2.34. The van der Waals surface area contributed by atoms with E-state index in [1.807, 2.05) is 14.0 Å². The average Bonchev–Trinajstić information content (AvgIpc) is 2.80.